The minimum atomic E-state index is -1.46. The molecule has 0 unspecified atom stereocenters. The average Bonchev–Trinajstić information content (AvgIpc) is 2.94. The minimum absolute atomic E-state index is 0.0185. The summed E-state index contributed by atoms with van der Waals surface area (Å²) >= 11 is 0. The van der Waals surface area contributed by atoms with E-state index in [0.29, 0.717) is 0 Å². The molecule has 0 fully saturated rings. The number of rotatable bonds is 23. The Morgan fingerprint density at radius 2 is 0.918 bits per heavy atom. The third-order valence-electron chi connectivity index (χ3n) is 7.75. The SMILES string of the molecule is CC(C)CC(=O)N[C@H](C(=O)N[C@H](C(=O)N[C@@H](CC(C)C)[C@H](O)CC(=O)N[C@@H](CO)C(=O)N[C@@H](CC(C)C)[C@H](O)CC(=O)O)C(C)C)C(C)C. The summed E-state index contributed by atoms with van der Waals surface area (Å²) in [5.74, 6) is -4.89. The van der Waals surface area contributed by atoms with E-state index < -0.39 is 91.5 Å². The van der Waals surface area contributed by atoms with Gasteiger partial charge in [0.1, 0.15) is 18.1 Å². The zero-order valence-electron chi connectivity index (χ0n) is 30.9. The Bertz CT molecular complexity index is 1080. The van der Waals surface area contributed by atoms with Crippen LogP contribution in [0.25, 0.3) is 0 Å². The quantitative estimate of drug-likeness (QED) is 0.0712. The zero-order valence-corrected chi connectivity index (χ0v) is 30.9. The molecule has 0 aliphatic heterocycles. The lowest BCUT2D eigenvalue weighted by molar-refractivity contribution is -0.140. The summed E-state index contributed by atoms with van der Waals surface area (Å²) in [6.07, 6.45) is -3.23. The fourth-order valence-corrected chi connectivity index (χ4v) is 5.21. The van der Waals surface area contributed by atoms with Crippen molar-refractivity contribution in [2.75, 3.05) is 6.61 Å². The van der Waals surface area contributed by atoms with Gasteiger partial charge in [0.2, 0.25) is 29.5 Å². The molecular weight excluding hydrogens is 638 g/mol. The number of aliphatic hydroxyl groups excluding tert-OH is 3. The fraction of sp³-hybridized carbons (Fsp3) is 0.824. The highest BCUT2D eigenvalue weighted by molar-refractivity contribution is 5.92. The largest absolute Gasteiger partial charge is 0.481 e. The van der Waals surface area contributed by atoms with Crippen LogP contribution >= 0.6 is 0 Å². The Balaban J connectivity index is 5.72. The summed E-state index contributed by atoms with van der Waals surface area (Å²) in [4.78, 5) is 76.1. The number of carboxylic acids is 1. The molecule has 0 aromatic carbocycles. The van der Waals surface area contributed by atoms with Gasteiger partial charge in [0.05, 0.1) is 43.7 Å². The lowest BCUT2D eigenvalue weighted by atomic mass is 9.95. The van der Waals surface area contributed by atoms with Crippen LogP contribution in [0.1, 0.15) is 101 Å². The standard InChI is InChI=1S/C34H63N5O10/c1-17(2)11-22(37-33(48)31(21(9)10)39-34(49)30(20(7)8)38-27(43)13-19(5)6)25(41)14-28(44)35-24(16-40)32(47)36-23(12-18(3)4)26(42)15-29(45)46/h17-26,30-31,40-42H,11-16H2,1-10H3,(H,35,44)(H,36,47)(H,37,48)(H,38,43)(H,39,49)(H,45,46)/t22-,23-,24-,25+,26+,30-,31-/m0/s1. The van der Waals surface area contributed by atoms with Gasteiger partial charge in [-0.1, -0.05) is 69.2 Å². The molecule has 0 saturated heterocycles. The van der Waals surface area contributed by atoms with E-state index in [-0.39, 0.29) is 54.8 Å². The number of carboxylic acid groups (broad SMARTS) is 1. The van der Waals surface area contributed by atoms with Gasteiger partial charge in [0.25, 0.3) is 0 Å². The molecule has 7 atom stereocenters. The van der Waals surface area contributed by atoms with Crippen molar-refractivity contribution < 1.29 is 49.2 Å². The Kier molecular flexibility index (Phi) is 20.9. The normalized spacial score (nSPS) is 16.0. The molecule has 284 valence electrons. The topological polar surface area (TPSA) is 243 Å². The van der Waals surface area contributed by atoms with Gasteiger partial charge in [-0.2, -0.15) is 0 Å². The first kappa shape index (κ1) is 45.7. The van der Waals surface area contributed by atoms with Gasteiger partial charge in [-0.25, -0.2) is 0 Å². The fourth-order valence-electron chi connectivity index (χ4n) is 5.21. The molecule has 0 radical (unpaired) electrons. The van der Waals surface area contributed by atoms with E-state index in [9.17, 15) is 44.1 Å². The maximum absolute atomic E-state index is 13.5. The number of nitrogens with one attached hydrogen (secondary N) is 5. The highest BCUT2D eigenvalue weighted by Gasteiger charge is 2.34. The monoisotopic (exact) mass is 701 g/mol. The first-order valence-electron chi connectivity index (χ1n) is 17.3. The lowest BCUT2D eigenvalue weighted by Gasteiger charge is -2.31. The van der Waals surface area contributed by atoms with E-state index in [4.69, 9.17) is 5.11 Å². The molecule has 0 rings (SSSR count). The summed E-state index contributed by atoms with van der Waals surface area (Å²) in [6, 6.07) is -5.23. The Morgan fingerprint density at radius 1 is 0.510 bits per heavy atom. The summed E-state index contributed by atoms with van der Waals surface area (Å²) in [7, 11) is 0. The Hall–Kier alpha value is -3.30. The molecule has 15 heteroatoms. The molecule has 5 amide bonds. The van der Waals surface area contributed by atoms with Crippen LogP contribution in [-0.2, 0) is 28.8 Å². The molecule has 0 spiro atoms. The van der Waals surface area contributed by atoms with Crippen LogP contribution in [0.15, 0.2) is 0 Å². The summed E-state index contributed by atoms with van der Waals surface area (Å²) in [5, 5.41) is 53.4. The molecule has 0 saturated carbocycles. The van der Waals surface area contributed by atoms with Crippen molar-refractivity contribution in [2.24, 2.45) is 29.6 Å². The summed E-state index contributed by atoms with van der Waals surface area (Å²) in [5.41, 5.74) is 0. The molecule has 0 aromatic rings. The van der Waals surface area contributed by atoms with Gasteiger partial charge in [0, 0.05) is 6.42 Å². The van der Waals surface area contributed by atoms with Gasteiger partial charge in [-0.3, -0.25) is 28.8 Å². The summed E-state index contributed by atoms with van der Waals surface area (Å²) in [6.45, 7) is 17.4. The van der Waals surface area contributed by atoms with Crippen molar-refractivity contribution in [1.82, 2.24) is 26.6 Å². The van der Waals surface area contributed by atoms with E-state index in [1.807, 2.05) is 41.5 Å². The van der Waals surface area contributed by atoms with E-state index in [1.54, 1.807) is 27.7 Å². The second-order valence-corrected chi connectivity index (χ2v) is 14.8. The van der Waals surface area contributed by atoms with Crippen LogP contribution in [0.2, 0.25) is 0 Å². The Labute approximate surface area is 291 Å². The third-order valence-corrected chi connectivity index (χ3v) is 7.75. The molecule has 9 N–H and O–H groups in total. The maximum Gasteiger partial charge on any atom is 0.306 e. The van der Waals surface area contributed by atoms with Crippen molar-refractivity contribution in [3.8, 4) is 0 Å². The lowest BCUT2D eigenvalue weighted by Crippen LogP contribution is -2.59. The highest BCUT2D eigenvalue weighted by atomic mass is 16.4. The molecule has 49 heavy (non-hydrogen) atoms. The van der Waals surface area contributed by atoms with Gasteiger partial charge in [0.15, 0.2) is 0 Å². The number of carbonyl (C=O) groups is 6. The zero-order chi connectivity index (χ0) is 38.2. The molecule has 0 heterocycles. The van der Waals surface area contributed by atoms with Crippen molar-refractivity contribution in [1.29, 1.82) is 0 Å². The molecule has 0 bridgehead atoms. The second kappa shape index (κ2) is 22.4. The number of amides is 5. The predicted molar refractivity (Wildman–Crippen MR) is 184 cm³/mol. The average molecular weight is 702 g/mol. The van der Waals surface area contributed by atoms with Gasteiger partial charge < -0.3 is 47.0 Å². The highest BCUT2D eigenvalue weighted by Crippen LogP contribution is 2.15. The van der Waals surface area contributed by atoms with Crippen molar-refractivity contribution in [3.05, 3.63) is 0 Å². The first-order valence-corrected chi connectivity index (χ1v) is 17.3. The van der Waals surface area contributed by atoms with E-state index in [1.165, 1.54) is 0 Å². The minimum Gasteiger partial charge on any atom is -0.481 e. The van der Waals surface area contributed by atoms with Crippen LogP contribution in [0.5, 0.6) is 0 Å². The van der Waals surface area contributed by atoms with Crippen LogP contribution < -0.4 is 26.6 Å². The van der Waals surface area contributed by atoms with E-state index in [0.717, 1.165) is 0 Å². The predicted octanol–water partition coefficient (Wildman–Crippen LogP) is 0.440. The summed E-state index contributed by atoms with van der Waals surface area (Å²) < 4.78 is 0. The first-order chi connectivity index (χ1) is 22.6. The number of aliphatic carboxylic acids is 1. The number of aliphatic hydroxyl groups is 3. The smallest absolute Gasteiger partial charge is 0.306 e. The van der Waals surface area contributed by atoms with Crippen molar-refractivity contribution in [2.45, 2.75) is 144 Å². The van der Waals surface area contributed by atoms with Gasteiger partial charge >= 0.3 is 5.97 Å². The number of hydrogen-bond donors (Lipinski definition) is 9. The molecule has 0 aromatic heterocycles. The van der Waals surface area contributed by atoms with Gasteiger partial charge in [-0.15, -0.1) is 0 Å². The molecule has 0 aliphatic rings. The third kappa shape index (κ3) is 18.3. The molecule has 0 aliphatic carbocycles. The maximum atomic E-state index is 13.5. The molecular formula is C34H63N5O10. The van der Waals surface area contributed by atoms with Crippen molar-refractivity contribution in [3.63, 3.8) is 0 Å². The number of carbonyl (C=O) groups excluding carboxylic acids is 5. The second-order valence-electron chi connectivity index (χ2n) is 14.8. The van der Waals surface area contributed by atoms with Crippen molar-refractivity contribution >= 4 is 35.5 Å². The van der Waals surface area contributed by atoms with Crippen LogP contribution in [0.3, 0.4) is 0 Å². The van der Waals surface area contributed by atoms with E-state index >= 15 is 0 Å². The molecule has 15 nitrogen and oxygen atoms in total. The van der Waals surface area contributed by atoms with E-state index in [2.05, 4.69) is 26.6 Å². The van der Waals surface area contributed by atoms with Crippen LogP contribution in [-0.4, -0.2) is 105 Å². The Morgan fingerprint density at radius 3 is 1.33 bits per heavy atom. The van der Waals surface area contributed by atoms with Crippen LogP contribution in [0, 0.1) is 29.6 Å². The van der Waals surface area contributed by atoms with Gasteiger partial charge in [-0.05, 0) is 42.4 Å². The number of hydrogen-bond acceptors (Lipinski definition) is 9. The van der Waals surface area contributed by atoms with Crippen LogP contribution in [0.4, 0.5) is 0 Å².